The molecule has 0 bridgehead atoms. The molecule has 1 nitrogen and oxygen atoms in total. The largest absolute Gasteiger partial charge is 0.508 e. The van der Waals surface area contributed by atoms with E-state index in [9.17, 15) is 9.50 Å². The van der Waals surface area contributed by atoms with Gasteiger partial charge in [0.1, 0.15) is 11.6 Å². The van der Waals surface area contributed by atoms with Crippen molar-refractivity contribution in [2.24, 2.45) is 0 Å². The van der Waals surface area contributed by atoms with Gasteiger partial charge in [0.05, 0.1) is 5.02 Å². The molecule has 1 N–H and O–H groups in total. The number of phenolic OH excluding ortho intramolecular Hbond substituents is 1. The van der Waals surface area contributed by atoms with E-state index in [1.807, 2.05) is 13.8 Å². The van der Waals surface area contributed by atoms with Crippen LogP contribution in [-0.2, 0) is 0 Å². The molecule has 0 unspecified atom stereocenters. The lowest BCUT2D eigenvalue weighted by molar-refractivity contribution is 0.475. The summed E-state index contributed by atoms with van der Waals surface area (Å²) in [6.45, 7) is 3.91. The second-order valence-electron chi connectivity index (χ2n) is 4.15. The van der Waals surface area contributed by atoms with Crippen LogP contribution >= 0.6 is 11.6 Å². The zero-order valence-corrected chi connectivity index (χ0v) is 9.85. The average Bonchev–Trinajstić information content (AvgIpc) is 2.22. The van der Waals surface area contributed by atoms with E-state index in [-0.39, 0.29) is 16.7 Å². The van der Waals surface area contributed by atoms with Crippen LogP contribution in [-0.4, -0.2) is 5.11 Å². The number of aromatic hydroxyl groups is 1. The number of halogens is 2. The molecule has 2 aromatic carbocycles. The Kier molecular flexibility index (Phi) is 2.76. The Morgan fingerprint density at radius 2 is 1.94 bits per heavy atom. The molecule has 3 heteroatoms. The third kappa shape index (κ3) is 1.74. The molecule has 0 radical (unpaired) electrons. The molecule has 0 aromatic heterocycles. The molecular formula is C13H12ClFO. The van der Waals surface area contributed by atoms with Crippen LogP contribution in [0.25, 0.3) is 10.8 Å². The van der Waals surface area contributed by atoms with Crippen molar-refractivity contribution in [2.75, 3.05) is 0 Å². The third-order valence-corrected chi connectivity index (χ3v) is 2.94. The molecule has 0 heterocycles. The molecular weight excluding hydrogens is 227 g/mol. The van der Waals surface area contributed by atoms with Crippen molar-refractivity contribution in [2.45, 2.75) is 19.8 Å². The van der Waals surface area contributed by atoms with E-state index < -0.39 is 5.82 Å². The molecule has 2 rings (SSSR count). The molecule has 0 amide bonds. The number of hydrogen-bond donors (Lipinski definition) is 1. The molecule has 0 aliphatic rings. The quantitative estimate of drug-likeness (QED) is 0.778. The van der Waals surface area contributed by atoms with Gasteiger partial charge in [-0.05, 0) is 35.1 Å². The van der Waals surface area contributed by atoms with E-state index in [0.717, 1.165) is 5.56 Å². The molecule has 0 aliphatic heterocycles. The second-order valence-corrected chi connectivity index (χ2v) is 4.56. The van der Waals surface area contributed by atoms with E-state index >= 15 is 0 Å². The second kappa shape index (κ2) is 3.95. The summed E-state index contributed by atoms with van der Waals surface area (Å²) < 4.78 is 13.9. The number of phenols is 1. The molecule has 0 spiro atoms. The zero-order chi connectivity index (χ0) is 11.9. The maximum Gasteiger partial charge on any atom is 0.149 e. The Bertz CT molecular complexity index is 549. The highest BCUT2D eigenvalue weighted by Crippen LogP contribution is 2.34. The van der Waals surface area contributed by atoms with Gasteiger partial charge < -0.3 is 5.11 Å². The summed E-state index contributed by atoms with van der Waals surface area (Å²) in [5, 5.41) is 10.8. The van der Waals surface area contributed by atoms with Gasteiger partial charge >= 0.3 is 0 Å². The first-order valence-electron chi connectivity index (χ1n) is 5.11. The fraction of sp³-hybridized carbons (Fsp3) is 0.231. The molecule has 0 aliphatic carbocycles. The normalized spacial score (nSPS) is 11.3. The van der Waals surface area contributed by atoms with Crippen molar-refractivity contribution >= 4 is 22.4 Å². The lowest BCUT2D eigenvalue weighted by Crippen LogP contribution is -1.93. The Morgan fingerprint density at radius 1 is 1.25 bits per heavy atom. The minimum Gasteiger partial charge on any atom is -0.508 e. The predicted octanol–water partition coefficient (Wildman–Crippen LogP) is 4.46. The van der Waals surface area contributed by atoms with E-state index in [2.05, 4.69) is 0 Å². The van der Waals surface area contributed by atoms with Crippen molar-refractivity contribution in [3.8, 4) is 5.75 Å². The summed E-state index contributed by atoms with van der Waals surface area (Å²) >= 11 is 5.77. The topological polar surface area (TPSA) is 20.2 Å². The minimum atomic E-state index is -0.414. The zero-order valence-electron chi connectivity index (χ0n) is 9.09. The summed E-state index contributed by atoms with van der Waals surface area (Å²) in [6.07, 6.45) is 0. The Morgan fingerprint density at radius 3 is 2.56 bits per heavy atom. The Hall–Kier alpha value is -1.28. The average molecular weight is 239 g/mol. The van der Waals surface area contributed by atoms with Crippen LogP contribution in [0.3, 0.4) is 0 Å². The Balaban J connectivity index is 2.92. The minimum absolute atomic E-state index is 0.111. The number of hydrogen-bond acceptors (Lipinski definition) is 1. The molecule has 2 aromatic rings. The summed E-state index contributed by atoms with van der Waals surface area (Å²) in [7, 11) is 0. The fourth-order valence-corrected chi connectivity index (χ4v) is 2.02. The predicted molar refractivity (Wildman–Crippen MR) is 64.7 cm³/mol. The van der Waals surface area contributed by atoms with Crippen molar-refractivity contribution in [1.29, 1.82) is 0 Å². The van der Waals surface area contributed by atoms with Crippen LogP contribution in [0.4, 0.5) is 4.39 Å². The first-order valence-corrected chi connectivity index (χ1v) is 5.49. The van der Waals surface area contributed by atoms with Gasteiger partial charge in [-0.3, -0.25) is 0 Å². The van der Waals surface area contributed by atoms with Gasteiger partial charge in [0.15, 0.2) is 0 Å². The lowest BCUT2D eigenvalue weighted by atomic mass is 9.95. The summed E-state index contributed by atoms with van der Waals surface area (Å²) in [5.41, 5.74) is 0.773. The maximum absolute atomic E-state index is 13.9. The van der Waals surface area contributed by atoms with Gasteiger partial charge in [-0.25, -0.2) is 4.39 Å². The number of rotatable bonds is 1. The van der Waals surface area contributed by atoms with Crippen molar-refractivity contribution in [3.63, 3.8) is 0 Å². The number of benzene rings is 2. The van der Waals surface area contributed by atoms with Gasteiger partial charge in [0.2, 0.25) is 0 Å². The maximum atomic E-state index is 13.9. The third-order valence-electron chi connectivity index (χ3n) is 2.64. The highest BCUT2D eigenvalue weighted by Gasteiger charge is 2.13. The summed E-state index contributed by atoms with van der Waals surface area (Å²) in [5.74, 6) is -0.136. The molecule has 16 heavy (non-hydrogen) atoms. The van der Waals surface area contributed by atoms with E-state index in [4.69, 9.17) is 11.6 Å². The van der Waals surface area contributed by atoms with Gasteiger partial charge in [-0.2, -0.15) is 0 Å². The number of fused-ring (bicyclic) bond motifs is 1. The summed E-state index contributed by atoms with van der Waals surface area (Å²) in [6, 6.07) is 6.35. The van der Waals surface area contributed by atoms with Crippen molar-refractivity contribution < 1.29 is 9.50 Å². The molecule has 0 saturated carbocycles. The van der Waals surface area contributed by atoms with E-state index in [0.29, 0.717) is 10.8 Å². The SMILES string of the molecule is CC(C)c1cc(O)cc2ccc(Cl)c(F)c12. The van der Waals surface area contributed by atoms with Gasteiger partial charge in [0.25, 0.3) is 0 Å². The lowest BCUT2D eigenvalue weighted by Gasteiger charge is -2.12. The van der Waals surface area contributed by atoms with Crippen LogP contribution in [0.15, 0.2) is 24.3 Å². The molecule has 84 valence electrons. The highest BCUT2D eigenvalue weighted by molar-refractivity contribution is 6.31. The van der Waals surface area contributed by atoms with Crippen LogP contribution in [0.5, 0.6) is 5.75 Å². The first-order chi connectivity index (χ1) is 7.50. The monoisotopic (exact) mass is 238 g/mol. The van der Waals surface area contributed by atoms with Crippen LogP contribution < -0.4 is 0 Å². The molecule has 0 saturated heterocycles. The highest BCUT2D eigenvalue weighted by atomic mass is 35.5. The van der Waals surface area contributed by atoms with Crippen LogP contribution in [0.2, 0.25) is 5.02 Å². The van der Waals surface area contributed by atoms with Crippen molar-refractivity contribution in [3.05, 3.63) is 40.7 Å². The summed E-state index contributed by atoms with van der Waals surface area (Å²) in [4.78, 5) is 0. The van der Waals surface area contributed by atoms with E-state index in [1.165, 1.54) is 6.07 Å². The van der Waals surface area contributed by atoms with Gasteiger partial charge in [-0.15, -0.1) is 0 Å². The first kappa shape index (κ1) is 11.2. The van der Waals surface area contributed by atoms with Crippen molar-refractivity contribution in [1.82, 2.24) is 0 Å². The van der Waals surface area contributed by atoms with Gasteiger partial charge in [-0.1, -0.05) is 31.5 Å². The standard InChI is InChI=1S/C13H12ClFO/c1-7(2)10-6-9(16)5-8-3-4-11(14)13(15)12(8)10/h3-7,16H,1-2H3. The molecule has 0 fully saturated rings. The Labute approximate surface area is 98.5 Å². The van der Waals surface area contributed by atoms with Crippen LogP contribution in [0, 0.1) is 5.82 Å². The van der Waals surface area contributed by atoms with Crippen LogP contribution in [0.1, 0.15) is 25.3 Å². The fourth-order valence-electron chi connectivity index (χ4n) is 1.87. The van der Waals surface area contributed by atoms with Gasteiger partial charge in [0, 0.05) is 5.39 Å². The van der Waals surface area contributed by atoms with E-state index in [1.54, 1.807) is 18.2 Å². The smallest absolute Gasteiger partial charge is 0.149 e. The molecule has 0 atom stereocenters.